The molecule has 4 nitrogen and oxygen atoms in total. The van der Waals surface area contributed by atoms with Crippen LogP contribution in [0.2, 0.25) is 0 Å². The topological polar surface area (TPSA) is 66.4 Å². The normalized spacial score (nSPS) is 15.0. The molecule has 1 aliphatic carbocycles. The van der Waals surface area contributed by atoms with Gasteiger partial charge < -0.3 is 10.4 Å². The van der Waals surface area contributed by atoms with Gasteiger partial charge in [-0.05, 0) is 101 Å². The second-order valence-electron chi connectivity index (χ2n) is 8.10. The number of benzene rings is 3. The third kappa shape index (κ3) is 4.81. The van der Waals surface area contributed by atoms with E-state index in [-0.39, 0.29) is 23.9 Å². The van der Waals surface area contributed by atoms with Gasteiger partial charge >= 0.3 is 0 Å². The van der Waals surface area contributed by atoms with Crippen LogP contribution >= 0.6 is 0 Å². The van der Waals surface area contributed by atoms with Crippen molar-refractivity contribution >= 4 is 39.6 Å². The summed E-state index contributed by atoms with van der Waals surface area (Å²) in [4.78, 5) is 13.6. The summed E-state index contributed by atoms with van der Waals surface area (Å²) in [5.74, 6) is -0.438. The number of phenolic OH excluding ortho intramolecular Hbond substituents is 1. The molecule has 0 bridgehead atoms. The molecule has 0 aliphatic heterocycles. The molecule has 1 atom stereocenters. The molecule has 0 fully saturated rings. The van der Waals surface area contributed by atoms with Crippen molar-refractivity contribution in [1.82, 2.24) is 0 Å². The number of anilines is 1. The highest BCUT2D eigenvalue weighted by atomic mass is 32.2. The lowest BCUT2D eigenvalue weighted by Gasteiger charge is -2.10. The lowest BCUT2D eigenvalue weighted by Crippen LogP contribution is -2.13. The maximum Gasteiger partial charge on any atom is 0.228 e. The summed E-state index contributed by atoms with van der Waals surface area (Å²) in [6.45, 7) is 3.74. The van der Waals surface area contributed by atoms with Crippen LogP contribution in [0.15, 0.2) is 71.1 Å². The lowest BCUT2D eigenvalue weighted by molar-refractivity contribution is -0.115. The van der Waals surface area contributed by atoms with E-state index in [1.165, 1.54) is 18.2 Å². The zero-order chi connectivity index (χ0) is 23.7. The minimum atomic E-state index is -1.05. The largest absolute Gasteiger partial charge is 0.508 e. The highest BCUT2D eigenvalue weighted by Crippen LogP contribution is 2.44. The van der Waals surface area contributed by atoms with E-state index in [4.69, 9.17) is 0 Å². The van der Waals surface area contributed by atoms with Crippen molar-refractivity contribution in [2.24, 2.45) is 0 Å². The molecule has 0 heterocycles. The Kier molecular flexibility index (Phi) is 6.29. The molecule has 33 heavy (non-hydrogen) atoms. The average molecular weight is 462 g/mol. The highest BCUT2D eigenvalue weighted by molar-refractivity contribution is 7.84. The quantitative estimate of drug-likeness (QED) is 0.463. The first-order chi connectivity index (χ1) is 15.7. The minimum absolute atomic E-state index is 0.0910. The highest BCUT2D eigenvalue weighted by Gasteiger charge is 2.26. The van der Waals surface area contributed by atoms with Crippen molar-refractivity contribution in [3.05, 3.63) is 94.3 Å². The maximum atomic E-state index is 14.1. The Bertz CT molecular complexity index is 1340. The first-order valence-electron chi connectivity index (χ1n) is 10.5. The van der Waals surface area contributed by atoms with E-state index in [1.54, 1.807) is 31.4 Å². The van der Waals surface area contributed by atoms with Crippen LogP contribution in [0, 0.1) is 12.7 Å². The van der Waals surface area contributed by atoms with Crippen molar-refractivity contribution < 1.29 is 18.5 Å². The van der Waals surface area contributed by atoms with Crippen molar-refractivity contribution in [3.63, 3.8) is 0 Å². The molecule has 0 aromatic heterocycles. The lowest BCUT2D eigenvalue weighted by atomic mass is 10.0. The summed E-state index contributed by atoms with van der Waals surface area (Å²) >= 11 is 0. The molecule has 0 saturated heterocycles. The number of nitrogens with one attached hydrogen (secondary N) is 1. The minimum Gasteiger partial charge on any atom is -0.508 e. The Hall–Kier alpha value is -3.51. The number of aromatic hydroxyl groups is 1. The van der Waals surface area contributed by atoms with E-state index >= 15 is 0 Å². The molecule has 168 valence electrons. The number of hydrogen-bond donors (Lipinski definition) is 2. The van der Waals surface area contributed by atoms with Crippen LogP contribution in [0.1, 0.15) is 35.6 Å². The number of halogens is 1. The third-order valence-electron chi connectivity index (χ3n) is 5.80. The van der Waals surface area contributed by atoms with E-state index in [0.717, 1.165) is 38.3 Å². The van der Waals surface area contributed by atoms with Crippen LogP contribution in [-0.2, 0) is 15.6 Å². The number of amides is 1. The first-order valence-corrected chi connectivity index (χ1v) is 12.0. The summed E-state index contributed by atoms with van der Waals surface area (Å²) in [6, 6.07) is 16.9. The van der Waals surface area contributed by atoms with Gasteiger partial charge in [-0.3, -0.25) is 9.00 Å². The fourth-order valence-electron chi connectivity index (χ4n) is 4.05. The van der Waals surface area contributed by atoms with Crippen molar-refractivity contribution in [3.8, 4) is 5.75 Å². The standard InChI is InChI=1S/C27H24FNO3S/c1-16-12-20(30)7-11-26(16)29-27(31)15-24-17(2)23(22-10-6-19(28)14-25(22)24)13-18-4-8-21(9-5-18)33(3)32/h4-14,30H,15H2,1-3H3,(H,29,31). The van der Waals surface area contributed by atoms with Gasteiger partial charge in [0.2, 0.25) is 5.91 Å². The molecular formula is C27H24FNO3S. The number of hydrogen-bond acceptors (Lipinski definition) is 3. The summed E-state index contributed by atoms with van der Waals surface area (Å²) < 4.78 is 25.8. The molecule has 2 N–H and O–H groups in total. The van der Waals surface area contributed by atoms with Crippen LogP contribution in [0.4, 0.5) is 10.1 Å². The Balaban J connectivity index is 1.68. The van der Waals surface area contributed by atoms with Crippen molar-refractivity contribution in [2.75, 3.05) is 11.6 Å². The molecule has 4 rings (SSSR count). The number of allylic oxidation sites excluding steroid dienone is 2. The summed E-state index contributed by atoms with van der Waals surface area (Å²) in [7, 11) is -1.05. The molecule has 0 spiro atoms. The molecule has 3 aromatic rings. The van der Waals surface area contributed by atoms with Gasteiger partial charge in [0.1, 0.15) is 11.6 Å². The SMILES string of the molecule is CC1=C(CC(=O)Nc2ccc(O)cc2C)c2cc(F)ccc2C1=Cc1ccc(S(C)=O)cc1. The number of carbonyl (C=O) groups excluding carboxylic acids is 1. The van der Waals surface area contributed by atoms with E-state index < -0.39 is 10.8 Å². The van der Waals surface area contributed by atoms with E-state index in [2.05, 4.69) is 5.32 Å². The van der Waals surface area contributed by atoms with Crippen LogP contribution in [0.3, 0.4) is 0 Å². The summed E-state index contributed by atoms with van der Waals surface area (Å²) in [6.07, 6.45) is 3.73. The van der Waals surface area contributed by atoms with Gasteiger partial charge in [0.15, 0.2) is 0 Å². The van der Waals surface area contributed by atoms with Crippen molar-refractivity contribution in [2.45, 2.75) is 25.2 Å². The molecule has 3 aromatic carbocycles. The Labute approximate surface area is 194 Å². The van der Waals surface area contributed by atoms with E-state index in [1.807, 2.05) is 37.3 Å². The number of rotatable bonds is 5. The fourth-order valence-corrected chi connectivity index (χ4v) is 4.57. The molecule has 1 unspecified atom stereocenters. The monoisotopic (exact) mass is 461 g/mol. The average Bonchev–Trinajstić information content (AvgIpc) is 3.01. The smallest absolute Gasteiger partial charge is 0.228 e. The second-order valence-corrected chi connectivity index (χ2v) is 9.48. The Morgan fingerprint density at radius 2 is 1.76 bits per heavy atom. The number of phenols is 1. The van der Waals surface area contributed by atoms with Crippen molar-refractivity contribution in [1.29, 1.82) is 0 Å². The Morgan fingerprint density at radius 3 is 2.42 bits per heavy atom. The summed E-state index contributed by atoms with van der Waals surface area (Å²) in [5.41, 5.74) is 6.51. The van der Waals surface area contributed by atoms with Crippen LogP contribution < -0.4 is 5.32 Å². The predicted octanol–water partition coefficient (Wildman–Crippen LogP) is 5.93. The molecule has 1 amide bonds. The van der Waals surface area contributed by atoms with Gasteiger partial charge in [0.05, 0.1) is 6.42 Å². The molecule has 6 heteroatoms. The van der Waals surface area contributed by atoms with Gasteiger partial charge in [0, 0.05) is 27.6 Å². The number of aryl methyl sites for hydroxylation is 1. The molecular weight excluding hydrogens is 437 g/mol. The van der Waals surface area contributed by atoms with Crippen LogP contribution in [-0.4, -0.2) is 21.5 Å². The van der Waals surface area contributed by atoms with E-state index in [9.17, 15) is 18.5 Å². The van der Waals surface area contributed by atoms with Gasteiger partial charge in [-0.15, -0.1) is 0 Å². The van der Waals surface area contributed by atoms with Gasteiger partial charge in [-0.2, -0.15) is 0 Å². The predicted molar refractivity (Wildman–Crippen MR) is 132 cm³/mol. The number of fused-ring (bicyclic) bond motifs is 1. The van der Waals surface area contributed by atoms with Gasteiger partial charge in [-0.1, -0.05) is 18.2 Å². The van der Waals surface area contributed by atoms with E-state index in [0.29, 0.717) is 11.3 Å². The van der Waals surface area contributed by atoms with Gasteiger partial charge in [0.25, 0.3) is 0 Å². The van der Waals surface area contributed by atoms with Crippen LogP contribution in [0.5, 0.6) is 5.75 Å². The molecule has 1 aliphatic rings. The third-order valence-corrected chi connectivity index (χ3v) is 6.73. The second kappa shape index (κ2) is 9.16. The summed E-state index contributed by atoms with van der Waals surface area (Å²) in [5, 5.41) is 12.5. The molecule has 0 saturated carbocycles. The maximum absolute atomic E-state index is 14.1. The Morgan fingerprint density at radius 1 is 1.03 bits per heavy atom. The fraction of sp³-hybridized carbons (Fsp3) is 0.148. The zero-order valence-corrected chi connectivity index (χ0v) is 19.4. The number of carbonyl (C=O) groups is 1. The van der Waals surface area contributed by atoms with Crippen LogP contribution in [0.25, 0.3) is 17.2 Å². The van der Waals surface area contributed by atoms with Gasteiger partial charge in [-0.25, -0.2) is 4.39 Å². The first kappa shape index (κ1) is 22.7. The zero-order valence-electron chi connectivity index (χ0n) is 18.6. The molecule has 0 radical (unpaired) electrons.